The Balaban J connectivity index is 1.86. The molecule has 0 saturated carbocycles. The first-order valence-corrected chi connectivity index (χ1v) is 7.69. The molecule has 3 rings (SSSR count). The SMILES string of the molecule is CCCc1nc(CN2CCOc3ccccc3C2C(=O)O)no1. The van der Waals surface area contributed by atoms with E-state index in [4.69, 9.17) is 9.26 Å². The first-order valence-electron chi connectivity index (χ1n) is 7.69. The van der Waals surface area contributed by atoms with Crippen molar-refractivity contribution in [3.8, 4) is 5.75 Å². The summed E-state index contributed by atoms with van der Waals surface area (Å²) < 4.78 is 10.8. The van der Waals surface area contributed by atoms with Crippen molar-refractivity contribution in [1.82, 2.24) is 15.0 Å². The van der Waals surface area contributed by atoms with Gasteiger partial charge >= 0.3 is 5.97 Å². The van der Waals surface area contributed by atoms with Crippen LogP contribution in [-0.4, -0.2) is 39.3 Å². The molecule has 0 aliphatic carbocycles. The molecule has 0 fully saturated rings. The first kappa shape index (κ1) is 15.5. The van der Waals surface area contributed by atoms with Crippen LogP contribution >= 0.6 is 0 Å². The van der Waals surface area contributed by atoms with Crippen LogP contribution in [0, 0.1) is 0 Å². The zero-order valence-electron chi connectivity index (χ0n) is 12.9. The fourth-order valence-electron chi connectivity index (χ4n) is 2.75. The molecule has 23 heavy (non-hydrogen) atoms. The van der Waals surface area contributed by atoms with Crippen molar-refractivity contribution in [2.45, 2.75) is 32.4 Å². The lowest BCUT2D eigenvalue weighted by Gasteiger charge is -2.25. The first-order chi connectivity index (χ1) is 11.2. The number of nitrogens with zero attached hydrogens (tertiary/aromatic N) is 3. The molecule has 0 radical (unpaired) electrons. The van der Waals surface area contributed by atoms with Gasteiger partial charge in [0, 0.05) is 18.5 Å². The number of carboxylic acids is 1. The molecule has 1 aromatic heterocycles. The van der Waals surface area contributed by atoms with Gasteiger partial charge in [0.1, 0.15) is 18.4 Å². The van der Waals surface area contributed by atoms with Gasteiger partial charge in [0.2, 0.25) is 5.89 Å². The minimum Gasteiger partial charge on any atom is -0.492 e. The Kier molecular flexibility index (Phi) is 4.57. The van der Waals surface area contributed by atoms with Crippen molar-refractivity contribution < 1.29 is 19.2 Å². The number of fused-ring (bicyclic) bond motifs is 1. The van der Waals surface area contributed by atoms with Crippen molar-refractivity contribution in [3.63, 3.8) is 0 Å². The lowest BCUT2D eigenvalue weighted by molar-refractivity contribution is -0.143. The van der Waals surface area contributed by atoms with Crippen LogP contribution in [0.15, 0.2) is 28.8 Å². The van der Waals surface area contributed by atoms with E-state index in [0.717, 1.165) is 12.8 Å². The zero-order valence-corrected chi connectivity index (χ0v) is 12.9. The summed E-state index contributed by atoms with van der Waals surface area (Å²) in [5.41, 5.74) is 0.648. The van der Waals surface area contributed by atoms with Gasteiger partial charge in [-0.2, -0.15) is 4.98 Å². The summed E-state index contributed by atoms with van der Waals surface area (Å²) in [6, 6.07) is 6.44. The van der Waals surface area contributed by atoms with Crippen LogP contribution < -0.4 is 4.74 Å². The summed E-state index contributed by atoms with van der Waals surface area (Å²) in [5.74, 6) is 0.780. The second-order valence-corrected chi connectivity index (χ2v) is 5.45. The summed E-state index contributed by atoms with van der Waals surface area (Å²) in [6.07, 6.45) is 1.64. The maximum absolute atomic E-state index is 11.8. The number of carboxylic acid groups (broad SMARTS) is 1. The predicted molar refractivity (Wildman–Crippen MR) is 81.0 cm³/mol. The summed E-state index contributed by atoms with van der Waals surface area (Å²) in [7, 11) is 0. The van der Waals surface area contributed by atoms with Crippen LogP contribution in [0.25, 0.3) is 0 Å². The largest absolute Gasteiger partial charge is 0.492 e. The van der Waals surface area contributed by atoms with Gasteiger partial charge in [0.05, 0.1) is 6.54 Å². The van der Waals surface area contributed by atoms with Gasteiger partial charge in [-0.3, -0.25) is 9.69 Å². The summed E-state index contributed by atoms with van der Waals surface area (Å²) in [4.78, 5) is 17.9. The minimum absolute atomic E-state index is 0.307. The Hall–Kier alpha value is -2.41. The highest BCUT2D eigenvalue weighted by atomic mass is 16.5. The van der Waals surface area contributed by atoms with Gasteiger partial charge in [-0.15, -0.1) is 0 Å². The molecule has 1 atom stereocenters. The third-order valence-corrected chi connectivity index (χ3v) is 3.77. The quantitative estimate of drug-likeness (QED) is 0.902. The Morgan fingerprint density at radius 2 is 2.26 bits per heavy atom. The van der Waals surface area contributed by atoms with E-state index in [-0.39, 0.29) is 0 Å². The number of benzene rings is 1. The second-order valence-electron chi connectivity index (χ2n) is 5.45. The average molecular weight is 317 g/mol. The van der Waals surface area contributed by atoms with E-state index in [1.165, 1.54) is 0 Å². The Bertz CT molecular complexity index is 685. The van der Waals surface area contributed by atoms with Crippen molar-refractivity contribution in [3.05, 3.63) is 41.5 Å². The number of aromatic nitrogens is 2. The van der Waals surface area contributed by atoms with E-state index in [9.17, 15) is 9.90 Å². The van der Waals surface area contributed by atoms with Crippen LogP contribution in [0.5, 0.6) is 5.75 Å². The van der Waals surface area contributed by atoms with Gasteiger partial charge in [-0.1, -0.05) is 30.3 Å². The maximum atomic E-state index is 11.8. The molecule has 0 amide bonds. The number of carbonyl (C=O) groups is 1. The van der Waals surface area contributed by atoms with Crippen LogP contribution in [0.4, 0.5) is 0 Å². The molecule has 7 nitrogen and oxygen atoms in total. The van der Waals surface area contributed by atoms with Crippen molar-refractivity contribution in [1.29, 1.82) is 0 Å². The van der Waals surface area contributed by atoms with E-state index in [1.54, 1.807) is 17.0 Å². The molecule has 7 heteroatoms. The maximum Gasteiger partial charge on any atom is 0.325 e. The average Bonchev–Trinajstić information content (AvgIpc) is 2.87. The molecule has 0 saturated heterocycles. The smallest absolute Gasteiger partial charge is 0.325 e. The molecule has 1 unspecified atom stereocenters. The lowest BCUT2D eigenvalue weighted by Crippen LogP contribution is -2.35. The van der Waals surface area contributed by atoms with Crippen LogP contribution in [0.2, 0.25) is 0 Å². The number of para-hydroxylation sites is 1. The normalized spacial score (nSPS) is 18.0. The highest BCUT2D eigenvalue weighted by molar-refractivity contribution is 5.76. The standard InChI is InChI=1S/C16H19N3O4/c1-2-5-14-17-13(18-23-14)10-19-8-9-22-12-7-4-3-6-11(12)15(19)16(20)21/h3-4,6-7,15H,2,5,8-10H2,1H3,(H,20,21). The summed E-state index contributed by atoms with van der Waals surface area (Å²) in [6.45, 7) is 3.24. The minimum atomic E-state index is -0.916. The van der Waals surface area contributed by atoms with E-state index in [1.807, 2.05) is 19.1 Å². The molecule has 1 aromatic carbocycles. The molecule has 0 spiro atoms. The van der Waals surface area contributed by atoms with Gasteiger partial charge in [0.25, 0.3) is 0 Å². The van der Waals surface area contributed by atoms with Crippen molar-refractivity contribution in [2.75, 3.05) is 13.2 Å². The van der Waals surface area contributed by atoms with Gasteiger partial charge < -0.3 is 14.4 Å². The molecule has 2 aromatic rings. The number of hydrogen-bond acceptors (Lipinski definition) is 6. The molecule has 1 aliphatic rings. The third kappa shape index (κ3) is 3.34. The second kappa shape index (κ2) is 6.78. The predicted octanol–water partition coefficient (Wildman–Crippen LogP) is 2.04. The van der Waals surface area contributed by atoms with E-state index < -0.39 is 12.0 Å². The fourth-order valence-corrected chi connectivity index (χ4v) is 2.75. The number of aryl methyl sites for hydroxylation is 1. The monoisotopic (exact) mass is 317 g/mol. The number of rotatable bonds is 5. The Morgan fingerprint density at radius 3 is 3.04 bits per heavy atom. The zero-order chi connectivity index (χ0) is 16.2. The number of ether oxygens (including phenoxy) is 1. The van der Waals surface area contributed by atoms with Crippen LogP contribution in [0.1, 0.15) is 36.7 Å². The van der Waals surface area contributed by atoms with Gasteiger partial charge in [-0.25, -0.2) is 0 Å². The highest BCUT2D eigenvalue weighted by Gasteiger charge is 2.33. The molecule has 0 bridgehead atoms. The fraction of sp³-hybridized carbons (Fsp3) is 0.438. The third-order valence-electron chi connectivity index (χ3n) is 3.77. The number of aliphatic carboxylic acids is 1. The number of hydrogen-bond donors (Lipinski definition) is 1. The summed E-state index contributed by atoms with van der Waals surface area (Å²) >= 11 is 0. The van der Waals surface area contributed by atoms with E-state index in [0.29, 0.717) is 42.7 Å². The van der Waals surface area contributed by atoms with Gasteiger partial charge in [0.15, 0.2) is 5.82 Å². The van der Waals surface area contributed by atoms with Crippen molar-refractivity contribution >= 4 is 5.97 Å². The van der Waals surface area contributed by atoms with E-state index in [2.05, 4.69) is 10.1 Å². The molecule has 1 aliphatic heterocycles. The van der Waals surface area contributed by atoms with Crippen molar-refractivity contribution in [2.24, 2.45) is 0 Å². The van der Waals surface area contributed by atoms with E-state index >= 15 is 0 Å². The van der Waals surface area contributed by atoms with Crippen LogP contribution in [0.3, 0.4) is 0 Å². The molecule has 122 valence electrons. The van der Waals surface area contributed by atoms with Gasteiger partial charge in [-0.05, 0) is 12.5 Å². The molecular formula is C16H19N3O4. The molecule has 2 heterocycles. The van der Waals surface area contributed by atoms with Crippen LogP contribution in [-0.2, 0) is 17.8 Å². The molecule has 1 N–H and O–H groups in total. The molecular weight excluding hydrogens is 298 g/mol. The topological polar surface area (TPSA) is 88.7 Å². The Labute approximate surface area is 133 Å². The lowest BCUT2D eigenvalue weighted by atomic mass is 10.0. The highest BCUT2D eigenvalue weighted by Crippen LogP contribution is 2.32. The Morgan fingerprint density at radius 1 is 1.43 bits per heavy atom. The summed E-state index contributed by atoms with van der Waals surface area (Å²) in [5, 5.41) is 13.6.